The number of methoxy groups -OCH3 is 1. The summed E-state index contributed by atoms with van der Waals surface area (Å²) in [7, 11) is 1.55. The minimum absolute atomic E-state index is 0.397. The van der Waals surface area contributed by atoms with Crippen molar-refractivity contribution in [3.05, 3.63) is 58.0 Å². The smallest absolute Gasteiger partial charge is 0.162 e. The van der Waals surface area contributed by atoms with Crippen molar-refractivity contribution < 1.29 is 14.6 Å². The van der Waals surface area contributed by atoms with Gasteiger partial charge in [0.1, 0.15) is 23.7 Å². The van der Waals surface area contributed by atoms with Crippen molar-refractivity contribution in [2.24, 2.45) is 0 Å². The standard InChI is InChI=1S/C24H20Cl2N6O3/c1-12(22-17(25)8-28-9-18(22)26)35-21-4-16-19(5-20(21)34-2)30-31-23(16)14-3-13(6-27)24(29-7-14)32-10-15(33)11-32/h3-5,7-9,12,15,33H,10-11H2,1-2H3,(H,30,31)/t12-/m1/s1. The molecule has 1 saturated heterocycles. The molecule has 1 aromatic carbocycles. The van der Waals surface area contributed by atoms with Gasteiger partial charge in [-0.15, -0.1) is 0 Å². The first-order valence-corrected chi connectivity index (χ1v) is 11.5. The van der Waals surface area contributed by atoms with Gasteiger partial charge in [0, 0.05) is 54.3 Å². The van der Waals surface area contributed by atoms with Gasteiger partial charge in [0.2, 0.25) is 0 Å². The van der Waals surface area contributed by atoms with E-state index in [0.717, 1.165) is 10.9 Å². The van der Waals surface area contributed by atoms with Crippen molar-refractivity contribution in [3.63, 3.8) is 0 Å². The maximum absolute atomic E-state index is 9.68. The van der Waals surface area contributed by atoms with E-state index < -0.39 is 12.2 Å². The van der Waals surface area contributed by atoms with Crippen LogP contribution in [-0.2, 0) is 0 Å². The molecule has 1 atom stereocenters. The van der Waals surface area contributed by atoms with Crippen molar-refractivity contribution in [2.75, 3.05) is 25.1 Å². The lowest BCUT2D eigenvalue weighted by Crippen LogP contribution is -2.51. The number of H-pyrrole nitrogens is 1. The number of aromatic nitrogens is 4. The second-order valence-electron chi connectivity index (χ2n) is 8.16. The van der Waals surface area contributed by atoms with Crippen LogP contribution in [0, 0.1) is 11.3 Å². The van der Waals surface area contributed by atoms with Gasteiger partial charge in [0.15, 0.2) is 11.5 Å². The third-order valence-electron chi connectivity index (χ3n) is 5.87. The summed E-state index contributed by atoms with van der Waals surface area (Å²) in [5.41, 5.74) is 3.03. The summed E-state index contributed by atoms with van der Waals surface area (Å²) >= 11 is 12.6. The number of aliphatic hydroxyl groups is 1. The predicted molar refractivity (Wildman–Crippen MR) is 132 cm³/mol. The van der Waals surface area contributed by atoms with Crippen LogP contribution in [0.1, 0.15) is 24.2 Å². The lowest BCUT2D eigenvalue weighted by Gasteiger charge is -2.37. The molecule has 5 rings (SSSR count). The van der Waals surface area contributed by atoms with Crippen molar-refractivity contribution in [3.8, 4) is 28.8 Å². The Morgan fingerprint density at radius 1 is 1.17 bits per heavy atom. The molecule has 11 heteroatoms. The molecule has 1 aliphatic rings. The average molecular weight is 511 g/mol. The molecule has 0 amide bonds. The second-order valence-corrected chi connectivity index (χ2v) is 8.98. The average Bonchev–Trinajstić information content (AvgIpc) is 3.23. The largest absolute Gasteiger partial charge is 0.493 e. The molecule has 0 aliphatic carbocycles. The van der Waals surface area contributed by atoms with Crippen LogP contribution in [0.4, 0.5) is 5.82 Å². The van der Waals surface area contributed by atoms with Crippen LogP contribution in [0.2, 0.25) is 10.0 Å². The molecule has 0 saturated carbocycles. The summed E-state index contributed by atoms with van der Waals surface area (Å²) in [4.78, 5) is 10.3. The molecule has 0 unspecified atom stereocenters. The Balaban J connectivity index is 1.53. The predicted octanol–water partition coefficient (Wildman–Crippen LogP) is 4.53. The highest BCUT2D eigenvalue weighted by Crippen LogP contribution is 2.40. The minimum Gasteiger partial charge on any atom is -0.493 e. The highest BCUT2D eigenvalue weighted by Gasteiger charge is 2.28. The number of nitrogens with one attached hydrogen (secondary N) is 1. The molecule has 35 heavy (non-hydrogen) atoms. The number of anilines is 1. The zero-order valence-electron chi connectivity index (χ0n) is 18.8. The van der Waals surface area contributed by atoms with E-state index in [1.165, 1.54) is 12.4 Å². The summed E-state index contributed by atoms with van der Waals surface area (Å²) in [5.74, 6) is 1.52. The number of fused-ring (bicyclic) bond motifs is 1. The number of halogens is 2. The molecule has 4 heterocycles. The number of nitriles is 1. The van der Waals surface area contributed by atoms with Crippen LogP contribution in [0.5, 0.6) is 11.5 Å². The van der Waals surface area contributed by atoms with Crippen LogP contribution in [-0.4, -0.2) is 51.6 Å². The summed E-state index contributed by atoms with van der Waals surface area (Å²) in [6.45, 7) is 2.74. The first-order chi connectivity index (χ1) is 16.9. The molecule has 0 bridgehead atoms. The van der Waals surface area contributed by atoms with E-state index in [1.54, 1.807) is 25.4 Å². The van der Waals surface area contributed by atoms with Crippen molar-refractivity contribution in [2.45, 2.75) is 19.1 Å². The van der Waals surface area contributed by atoms with E-state index in [-0.39, 0.29) is 0 Å². The van der Waals surface area contributed by atoms with Crippen molar-refractivity contribution in [1.82, 2.24) is 20.2 Å². The van der Waals surface area contributed by atoms with Gasteiger partial charge in [0.05, 0.1) is 34.3 Å². The van der Waals surface area contributed by atoms with E-state index in [0.29, 0.717) is 62.8 Å². The number of ether oxygens (including phenoxy) is 2. The number of hydrogen-bond acceptors (Lipinski definition) is 8. The third-order valence-corrected chi connectivity index (χ3v) is 6.47. The monoisotopic (exact) mass is 510 g/mol. The van der Waals surface area contributed by atoms with Gasteiger partial charge >= 0.3 is 0 Å². The van der Waals surface area contributed by atoms with Gasteiger partial charge in [0.25, 0.3) is 0 Å². The fourth-order valence-electron chi connectivity index (χ4n) is 4.11. The Bertz CT molecular complexity index is 1440. The van der Waals surface area contributed by atoms with Gasteiger partial charge in [-0.25, -0.2) is 4.98 Å². The number of benzene rings is 1. The van der Waals surface area contributed by atoms with Crippen LogP contribution < -0.4 is 14.4 Å². The third kappa shape index (κ3) is 4.21. The molecule has 2 N–H and O–H groups in total. The van der Waals surface area contributed by atoms with Crippen molar-refractivity contribution in [1.29, 1.82) is 5.26 Å². The highest BCUT2D eigenvalue weighted by atomic mass is 35.5. The van der Waals surface area contributed by atoms with E-state index in [1.807, 2.05) is 17.9 Å². The Morgan fingerprint density at radius 2 is 1.91 bits per heavy atom. The molecular formula is C24H20Cl2N6O3. The molecule has 3 aromatic heterocycles. The van der Waals surface area contributed by atoms with E-state index >= 15 is 0 Å². The number of aromatic amines is 1. The first-order valence-electron chi connectivity index (χ1n) is 10.7. The zero-order valence-corrected chi connectivity index (χ0v) is 20.3. The van der Waals surface area contributed by atoms with Crippen LogP contribution in [0.25, 0.3) is 22.2 Å². The lowest BCUT2D eigenvalue weighted by atomic mass is 10.1. The summed E-state index contributed by atoms with van der Waals surface area (Å²) in [6.07, 6.45) is 3.81. The highest BCUT2D eigenvalue weighted by molar-refractivity contribution is 6.35. The molecule has 1 aliphatic heterocycles. The van der Waals surface area contributed by atoms with Crippen LogP contribution >= 0.6 is 23.2 Å². The lowest BCUT2D eigenvalue weighted by molar-refractivity contribution is 0.141. The summed E-state index contributed by atoms with van der Waals surface area (Å²) < 4.78 is 11.8. The number of nitrogens with zero attached hydrogens (tertiary/aromatic N) is 5. The fraction of sp³-hybridized carbons (Fsp3) is 0.250. The van der Waals surface area contributed by atoms with Crippen LogP contribution in [0.3, 0.4) is 0 Å². The Labute approximate surface area is 210 Å². The normalized spacial score (nSPS) is 14.5. The molecule has 1 fully saturated rings. The minimum atomic E-state index is -0.488. The van der Waals surface area contributed by atoms with E-state index in [4.69, 9.17) is 32.7 Å². The topological polar surface area (TPSA) is 120 Å². The van der Waals surface area contributed by atoms with Gasteiger partial charge in [-0.1, -0.05) is 23.2 Å². The van der Waals surface area contributed by atoms with E-state index in [9.17, 15) is 10.4 Å². The number of hydrogen-bond donors (Lipinski definition) is 2. The number of pyridine rings is 2. The van der Waals surface area contributed by atoms with Gasteiger partial charge in [-0.2, -0.15) is 10.4 Å². The van der Waals surface area contributed by atoms with Crippen LogP contribution in [0.15, 0.2) is 36.8 Å². The maximum atomic E-state index is 9.68. The maximum Gasteiger partial charge on any atom is 0.162 e. The number of aliphatic hydroxyl groups excluding tert-OH is 1. The first kappa shape index (κ1) is 23.2. The van der Waals surface area contributed by atoms with Crippen molar-refractivity contribution >= 4 is 39.9 Å². The molecule has 4 aromatic rings. The molecule has 178 valence electrons. The number of β-amino-alcohol motifs (C(OH)–C–C–N with tert-alkyl or cyclic N) is 1. The second kappa shape index (κ2) is 9.23. The molecule has 0 radical (unpaired) electrons. The van der Waals surface area contributed by atoms with E-state index in [2.05, 4.69) is 26.2 Å². The number of rotatable bonds is 6. The SMILES string of the molecule is COc1cc2[nH]nc(-c3cnc(N4CC(O)C4)c(C#N)c3)c2cc1O[C@H](C)c1c(Cl)cncc1Cl. The zero-order chi connectivity index (χ0) is 24.7. The fourth-order valence-corrected chi connectivity index (χ4v) is 4.78. The van der Waals surface area contributed by atoms with Gasteiger partial charge in [-0.05, 0) is 19.1 Å². The Hall–Kier alpha value is -3.58. The summed E-state index contributed by atoms with van der Waals surface area (Å²) in [5, 5.41) is 28.3. The molecule has 9 nitrogen and oxygen atoms in total. The quantitative estimate of drug-likeness (QED) is 0.388. The Morgan fingerprint density at radius 3 is 2.57 bits per heavy atom. The van der Waals surface area contributed by atoms with Gasteiger partial charge in [-0.3, -0.25) is 10.1 Å². The Kier molecular flexibility index (Phi) is 6.11. The molecular weight excluding hydrogens is 491 g/mol. The summed E-state index contributed by atoms with van der Waals surface area (Å²) in [6, 6.07) is 7.55. The molecule has 0 spiro atoms. The van der Waals surface area contributed by atoms with Gasteiger partial charge < -0.3 is 19.5 Å².